The van der Waals surface area contributed by atoms with Gasteiger partial charge in [-0.3, -0.25) is 9.69 Å². The summed E-state index contributed by atoms with van der Waals surface area (Å²) in [5.41, 5.74) is 2.27. The first-order valence-electron chi connectivity index (χ1n) is 11.1. The maximum atomic E-state index is 12.7. The fourth-order valence-corrected chi connectivity index (χ4v) is 4.19. The number of hydrogen-bond acceptors (Lipinski definition) is 4. The first-order chi connectivity index (χ1) is 15.1. The summed E-state index contributed by atoms with van der Waals surface area (Å²) in [7, 11) is 0. The van der Waals surface area contributed by atoms with Gasteiger partial charge in [-0.05, 0) is 48.4 Å². The zero-order valence-electron chi connectivity index (χ0n) is 18.4. The van der Waals surface area contributed by atoms with E-state index in [0.717, 1.165) is 43.2 Å². The van der Waals surface area contributed by atoms with Gasteiger partial charge in [0.05, 0.1) is 24.9 Å². The quantitative estimate of drug-likeness (QED) is 0.625. The summed E-state index contributed by atoms with van der Waals surface area (Å²) in [6.45, 7) is 8.63. The Morgan fingerprint density at radius 1 is 0.968 bits per heavy atom. The second-order valence-electron chi connectivity index (χ2n) is 8.06. The van der Waals surface area contributed by atoms with Crippen LogP contribution in [-0.4, -0.2) is 50.1 Å². The van der Waals surface area contributed by atoms with Gasteiger partial charge in [0.2, 0.25) is 5.91 Å². The van der Waals surface area contributed by atoms with Crippen molar-refractivity contribution in [3.05, 3.63) is 72.3 Å². The van der Waals surface area contributed by atoms with E-state index in [9.17, 15) is 4.79 Å². The number of para-hydroxylation sites is 2. The van der Waals surface area contributed by atoms with Crippen LogP contribution in [0.4, 0.5) is 5.69 Å². The molecule has 1 heterocycles. The highest BCUT2D eigenvalue weighted by atomic mass is 16.5. The molecule has 0 saturated carbocycles. The highest BCUT2D eigenvalue weighted by Crippen LogP contribution is 2.28. The molecule has 1 amide bonds. The van der Waals surface area contributed by atoms with Crippen LogP contribution in [0.3, 0.4) is 0 Å². The molecule has 162 valence electrons. The van der Waals surface area contributed by atoms with E-state index in [1.807, 2.05) is 44.2 Å². The third-order valence-corrected chi connectivity index (χ3v) is 5.90. The van der Waals surface area contributed by atoms with Crippen molar-refractivity contribution in [1.29, 1.82) is 0 Å². The summed E-state index contributed by atoms with van der Waals surface area (Å²) in [6, 6.07) is 22.8. The van der Waals surface area contributed by atoms with Gasteiger partial charge in [-0.25, -0.2) is 0 Å². The van der Waals surface area contributed by atoms with Crippen molar-refractivity contribution in [2.24, 2.45) is 0 Å². The standard InChI is InChI=1S/C26H31N3O2/c1-3-31-25-11-7-6-10-24(25)29-16-14-28(15-17-29)19-26(30)27-20(2)22-13-12-21-8-4-5-9-23(21)18-22/h4-13,18,20H,3,14-17,19H2,1-2H3,(H,27,30)/t20-/m1/s1. The van der Waals surface area contributed by atoms with Crippen LogP contribution < -0.4 is 15.0 Å². The van der Waals surface area contributed by atoms with Crippen molar-refractivity contribution >= 4 is 22.4 Å². The number of carbonyl (C=O) groups is 1. The van der Waals surface area contributed by atoms with Crippen molar-refractivity contribution in [2.45, 2.75) is 19.9 Å². The van der Waals surface area contributed by atoms with Crippen LogP contribution in [0.2, 0.25) is 0 Å². The van der Waals surface area contributed by atoms with Crippen LogP contribution >= 0.6 is 0 Å². The number of carbonyl (C=O) groups excluding carboxylic acids is 1. The molecular weight excluding hydrogens is 386 g/mol. The summed E-state index contributed by atoms with van der Waals surface area (Å²) in [5, 5.41) is 5.58. The third-order valence-electron chi connectivity index (χ3n) is 5.90. The van der Waals surface area contributed by atoms with Crippen LogP contribution in [0, 0.1) is 0 Å². The van der Waals surface area contributed by atoms with Gasteiger partial charge in [-0.1, -0.05) is 48.5 Å². The first kappa shape index (κ1) is 21.2. The van der Waals surface area contributed by atoms with E-state index in [1.54, 1.807) is 0 Å². The second kappa shape index (κ2) is 9.84. The Morgan fingerprint density at radius 3 is 2.45 bits per heavy atom. The maximum Gasteiger partial charge on any atom is 0.234 e. The molecule has 5 heteroatoms. The fraction of sp³-hybridized carbons (Fsp3) is 0.346. The van der Waals surface area contributed by atoms with Gasteiger partial charge >= 0.3 is 0 Å². The van der Waals surface area contributed by atoms with Gasteiger partial charge in [0, 0.05) is 26.2 Å². The number of anilines is 1. The topological polar surface area (TPSA) is 44.8 Å². The molecule has 31 heavy (non-hydrogen) atoms. The molecule has 1 N–H and O–H groups in total. The Bertz CT molecular complexity index is 1030. The SMILES string of the molecule is CCOc1ccccc1N1CCN(CC(=O)N[C@H](C)c2ccc3ccccc3c2)CC1. The molecule has 1 saturated heterocycles. The summed E-state index contributed by atoms with van der Waals surface area (Å²) in [6.07, 6.45) is 0. The normalized spacial score (nSPS) is 15.6. The van der Waals surface area contributed by atoms with Crippen molar-refractivity contribution < 1.29 is 9.53 Å². The molecule has 1 aliphatic heterocycles. The molecular formula is C26H31N3O2. The summed E-state index contributed by atoms with van der Waals surface area (Å²) < 4.78 is 5.77. The Morgan fingerprint density at radius 2 is 1.68 bits per heavy atom. The number of amides is 1. The molecule has 3 aromatic rings. The lowest BCUT2D eigenvalue weighted by atomic mass is 10.0. The van der Waals surface area contributed by atoms with E-state index in [2.05, 4.69) is 51.5 Å². The average molecular weight is 418 g/mol. The Labute approximate surface area is 184 Å². The molecule has 5 nitrogen and oxygen atoms in total. The highest BCUT2D eigenvalue weighted by Gasteiger charge is 2.21. The molecule has 1 fully saturated rings. The molecule has 0 radical (unpaired) electrons. The third kappa shape index (κ3) is 5.17. The zero-order valence-corrected chi connectivity index (χ0v) is 18.4. The lowest BCUT2D eigenvalue weighted by molar-refractivity contribution is -0.123. The minimum atomic E-state index is -0.0172. The Hall–Kier alpha value is -3.05. The van der Waals surface area contributed by atoms with E-state index in [1.165, 1.54) is 10.8 Å². The number of piperazine rings is 1. The van der Waals surface area contributed by atoms with E-state index in [-0.39, 0.29) is 11.9 Å². The largest absolute Gasteiger partial charge is 0.492 e. The molecule has 4 rings (SSSR count). The van der Waals surface area contributed by atoms with E-state index >= 15 is 0 Å². The molecule has 0 unspecified atom stereocenters. The maximum absolute atomic E-state index is 12.7. The van der Waals surface area contributed by atoms with Crippen molar-refractivity contribution in [1.82, 2.24) is 10.2 Å². The molecule has 1 aliphatic rings. The van der Waals surface area contributed by atoms with Crippen LogP contribution in [0.15, 0.2) is 66.7 Å². The molecule has 0 aliphatic carbocycles. The van der Waals surface area contributed by atoms with Gasteiger partial charge in [0.25, 0.3) is 0 Å². The average Bonchev–Trinajstić information content (AvgIpc) is 2.80. The molecule has 3 aromatic carbocycles. The minimum absolute atomic E-state index is 0.0172. The molecule has 0 bridgehead atoms. The van der Waals surface area contributed by atoms with Crippen molar-refractivity contribution in [3.8, 4) is 5.75 Å². The summed E-state index contributed by atoms with van der Waals surface area (Å²) in [5.74, 6) is 1.00. The van der Waals surface area contributed by atoms with Crippen molar-refractivity contribution in [3.63, 3.8) is 0 Å². The summed E-state index contributed by atoms with van der Waals surface area (Å²) >= 11 is 0. The van der Waals surface area contributed by atoms with Gasteiger partial charge in [-0.2, -0.15) is 0 Å². The number of nitrogens with one attached hydrogen (secondary N) is 1. The van der Waals surface area contributed by atoms with Gasteiger partial charge in [0.15, 0.2) is 0 Å². The predicted octanol–water partition coefficient (Wildman–Crippen LogP) is 4.24. The number of rotatable bonds is 7. The molecule has 0 spiro atoms. The molecule has 1 atom stereocenters. The first-order valence-corrected chi connectivity index (χ1v) is 11.1. The smallest absolute Gasteiger partial charge is 0.234 e. The van der Waals surface area contributed by atoms with Crippen LogP contribution in [0.25, 0.3) is 10.8 Å². The zero-order chi connectivity index (χ0) is 21.6. The lowest BCUT2D eigenvalue weighted by Crippen LogP contribution is -2.49. The fourth-order valence-electron chi connectivity index (χ4n) is 4.19. The Balaban J connectivity index is 1.30. The van der Waals surface area contributed by atoms with Crippen LogP contribution in [0.1, 0.15) is 25.5 Å². The second-order valence-corrected chi connectivity index (χ2v) is 8.06. The summed E-state index contributed by atoms with van der Waals surface area (Å²) in [4.78, 5) is 17.2. The highest BCUT2D eigenvalue weighted by molar-refractivity contribution is 5.83. The lowest BCUT2D eigenvalue weighted by Gasteiger charge is -2.36. The number of nitrogens with zero attached hydrogens (tertiary/aromatic N) is 2. The van der Waals surface area contributed by atoms with Crippen molar-refractivity contribution in [2.75, 3.05) is 44.2 Å². The van der Waals surface area contributed by atoms with Gasteiger partial charge in [0.1, 0.15) is 5.75 Å². The number of hydrogen-bond donors (Lipinski definition) is 1. The van der Waals surface area contributed by atoms with Gasteiger partial charge in [-0.15, -0.1) is 0 Å². The van der Waals surface area contributed by atoms with Crippen LogP contribution in [-0.2, 0) is 4.79 Å². The predicted molar refractivity (Wildman–Crippen MR) is 127 cm³/mol. The number of benzene rings is 3. The monoisotopic (exact) mass is 417 g/mol. The molecule has 0 aromatic heterocycles. The van der Waals surface area contributed by atoms with E-state index in [4.69, 9.17) is 4.74 Å². The minimum Gasteiger partial charge on any atom is -0.492 e. The van der Waals surface area contributed by atoms with Crippen LogP contribution in [0.5, 0.6) is 5.75 Å². The van der Waals surface area contributed by atoms with E-state index in [0.29, 0.717) is 13.2 Å². The number of ether oxygens (including phenoxy) is 1. The Kier molecular flexibility index (Phi) is 6.73. The number of fused-ring (bicyclic) bond motifs is 1. The van der Waals surface area contributed by atoms with Gasteiger partial charge < -0.3 is 15.0 Å². The van der Waals surface area contributed by atoms with E-state index < -0.39 is 0 Å².